The predicted molar refractivity (Wildman–Crippen MR) is 65.5 cm³/mol. The lowest BCUT2D eigenvalue weighted by Gasteiger charge is -2.04. The van der Waals surface area contributed by atoms with Gasteiger partial charge in [-0.2, -0.15) is 0 Å². The third-order valence-electron chi connectivity index (χ3n) is 1.94. The van der Waals surface area contributed by atoms with Gasteiger partial charge in [0.05, 0.1) is 10.4 Å². The van der Waals surface area contributed by atoms with Crippen LogP contribution >= 0.6 is 27.3 Å². The molecule has 0 aliphatic carbocycles. The van der Waals surface area contributed by atoms with Gasteiger partial charge < -0.3 is 4.74 Å². The third-order valence-corrected chi connectivity index (χ3v) is 3.34. The van der Waals surface area contributed by atoms with E-state index in [4.69, 9.17) is 4.74 Å². The molecule has 0 amide bonds. The molecule has 0 spiro atoms. The molecule has 15 heavy (non-hydrogen) atoms. The minimum Gasteiger partial charge on any atom is -0.488 e. The fourth-order valence-corrected chi connectivity index (χ4v) is 2.02. The molecule has 78 valence electrons. The molecule has 0 aliphatic heterocycles. The van der Waals surface area contributed by atoms with Gasteiger partial charge in [0.15, 0.2) is 0 Å². The van der Waals surface area contributed by atoms with Gasteiger partial charge in [-0.15, -0.1) is 11.3 Å². The Bertz CT molecular complexity index is 399. The maximum Gasteiger partial charge on any atom is 0.124 e. The lowest BCUT2D eigenvalue weighted by atomic mass is 10.2. The average molecular weight is 284 g/mol. The largest absolute Gasteiger partial charge is 0.488 e. The number of aromatic nitrogens is 1. The molecule has 0 atom stereocenters. The highest BCUT2D eigenvalue weighted by Crippen LogP contribution is 2.16. The number of rotatable bonds is 4. The smallest absolute Gasteiger partial charge is 0.124 e. The molecule has 0 N–H and O–H groups in total. The number of hydrogen-bond donors (Lipinski definition) is 0. The van der Waals surface area contributed by atoms with Crippen molar-refractivity contribution in [3.8, 4) is 5.75 Å². The Labute approximate surface area is 101 Å². The van der Waals surface area contributed by atoms with E-state index in [-0.39, 0.29) is 0 Å². The summed E-state index contributed by atoms with van der Waals surface area (Å²) in [7, 11) is 0. The van der Waals surface area contributed by atoms with Crippen LogP contribution in [0.15, 0.2) is 36.0 Å². The second kappa shape index (κ2) is 5.28. The zero-order valence-corrected chi connectivity index (χ0v) is 10.4. The first kappa shape index (κ1) is 10.6. The third kappa shape index (κ3) is 3.04. The van der Waals surface area contributed by atoms with Crippen LogP contribution in [0.3, 0.4) is 0 Å². The van der Waals surface area contributed by atoms with Crippen LogP contribution in [0, 0.1) is 0 Å². The molecule has 1 heterocycles. The van der Waals surface area contributed by atoms with E-state index in [0.29, 0.717) is 6.61 Å². The molecule has 1 aromatic heterocycles. The van der Waals surface area contributed by atoms with Crippen LogP contribution in [0.25, 0.3) is 0 Å². The fourth-order valence-electron chi connectivity index (χ4n) is 1.14. The molecule has 2 aromatic rings. The van der Waals surface area contributed by atoms with E-state index in [1.807, 2.05) is 23.8 Å². The van der Waals surface area contributed by atoms with E-state index < -0.39 is 0 Å². The summed E-state index contributed by atoms with van der Waals surface area (Å²) in [5, 5.41) is 0.877. The summed E-state index contributed by atoms with van der Waals surface area (Å²) in [5.41, 5.74) is 3.06. The maximum atomic E-state index is 5.60. The van der Waals surface area contributed by atoms with Crippen LogP contribution in [0.5, 0.6) is 5.75 Å². The molecule has 2 rings (SSSR count). The van der Waals surface area contributed by atoms with Gasteiger partial charge >= 0.3 is 0 Å². The summed E-state index contributed by atoms with van der Waals surface area (Å²) >= 11 is 5.01. The molecule has 0 fully saturated rings. The number of ether oxygens (including phenoxy) is 1. The second-order valence-corrected chi connectivity index (χ2v) is 4.57. The first-order valence-electron chi connectivity index (χ1n) is 4.53. The summed E-state index contributed by atoms with van der Waals surface area (Å²) in [6, 6.07) is 8.07. The lowest BCUT2D eigenvalue weighted by Crippen LogP contribution is -1.92. The van der Waals surface area contributed by atoms with Gasteiger partial charge in [0.1, 0.15) is 12.4 Å². The van der Waals surface area contributed by atoms with Gasteiger partial charge in [-0.05, 0) is 17.7 Å². The van der Waals surface area contributed by atoms with E-state index in [9.17, 15) is 0 Å². The zero-order chi connectivity index (χ0) is 10.5. The normalized spacial score (nSPS) is 10.2. The van der Waals surface area contributed by atoms with Crippen LogP contribution in [0.2, 0.25) is 0 Å². The van der Waals surface area contributed by atoms with Crippen molar-refractivity contribution in [3.63, 3.8) is 0 Å². The Hall–Kier alpha value is -0.870. The molecular formula is C11H10BrNOS. The van der Waals surface area contributed by atoms with Gasteiger partial charge in [-0.1, -0.05) is 28.1 Å². The second-order valence-electron chi connectivity index (χ2n) is 3.03. The van der Waals surface area contributed by atoms with E-state index in [1.165, 1.54) is 5.56 Å². The summed E-state index contributed by atoms with van der Waals surface area (Å²) in [5.74, 6) is 0.896. The molecule has 0 saturated carbocycles. The Morgan fingerprint density at radius 3 is 2.67 bits per heavy atom. The van der Waals surface area contributed by atoms with Gasteiger partial charge in [-0.3, -0.25) is 4.98 Å². The minimum absolute atomic E-state index is 0.596. The number of halogens is 1. The zero-order valence-electron chi connectivity index (χ0n) is 8.02. The van der Waals surface area contributed by atoms with Crippen molar-refractivity contribution in [2.24, 2.45) is 0 Å². The summed E-state index contributed by atoms with van der Waals surface area (Å²) < 4.78 is 5.60. The molecule has 0 saturated heterocycles. The van der Waals surface area contributed by atoms with E-state index >= 15 is 0 Å². The van der Waals surface area contributed by atoms with E-state index in [1.54, 1.807) is 11.3 Å². The first-order chi connectivity index (χ1) is 7.38. The number of nitrogens with zero attached hydrogens (tertiary/aromatic N) is 1. The topological polar surface area (TPSA) is 22.1 Å². The van der Waals surface area contributed by atoms with Crippen LogP contribution in [-0.4, -0.2) is 4.98 Å². The van der Waals surface area contributed by atoms with Gasteiger partial charge in [-0.25, -0.2) is 0 Å². The number of benzene rings is 1. The summed E-state index contributed by atoms with van der Waals surface area (Å²) in [6.45, 7) is 0.596. The quantitative estimate of drug-likeness (QED) is 0.800. The van der Waals surface area contributed by atoms with Crippen molar-refractivity contribution < 1.29 is 4.74 Å². The Morgan fingerprint density at radius 2 is 2.07 bits per heavy atom. The number of thiazole rings is 1. The van der Waals surface area contributed by atoms with Gasteiger partial charge in [0, 0.05) is 11.5 Å². The van der Waals surface area contributed by atoms with E-state index in [2.05, 4.69) is 33.0 Å². The van der Waals surface area contributed by atoms with Crippen LogP contribution in [-0.2, 0) is 11.9 Å². The lowest BCUT2D eigenvalue weighted by molar-refractivity contribution is 0.309. The molecule has 1 aromatic carbocycles. The molecule has 0 unspecified atom stereocenters. The highest BCUT2D eigenvalue weighted by Gasteiger charge is 1.97. The monoisotopic (exact) mass is 283 g/mol. The Kier molecular flexibility index (Phi) is 3.75. The van der Waals surface area contributed by atoms with Crippen molar-refractivity contribution in [2.75, 3.05) is 0 Å². The molecule has 2 nitrogen and oxygen atoms in total. The Morgan fingerprint density at radius 1 is 1.27 bits per heavy atom. The molecule has 0 bridgehead atoms. The molecular weight excluding hydrogens is 274 g/mol. The standard InChI is InChI=1S/C11H10BrNOS/c12-5-9-1-3-10(4-2-9)14-7-11-6-13-8-15-11/h1-4,6,8H,5,7H2. The molecule has 0 aliphatic rings. The van der Waals surface area contributed by atoms with Crippen molar-refractivity contribution in [1.82, 2.24) is 4.98 Å². The SMILES string of the molecule is BrCc1ccc(OCc2cncs2)cc1. The summed E-state index contributed by atoms with van der Waals surface area (Å²) in [6.07, 6.45) is 1.83. The highest BCUT2D eigenvalue weighted by atomic mass is 79.9. The van der Waals surface area contributed by atoms with Crippen LogP contribution in [0.4, 0.5) is 0 Å². The molecule has 4 heteroatoms. The Balaban J connectivity index is 1.93. The fraction of sp³-hybridized carbons (Fsp3) is 0.182. The first-order valence-corrected chi connectivity index (χ1v) is 6.53. The highest BCUT2D eigenvalue weighted by molar-refractivity contribution is 9.08. The van der Waals surface area contributed by atoms with Crippen LogP contribution in [0.1, 0.15) is 10.4 Å². The van der Waals surface area contributed by atoms with Gasteiger partial charge in [0.2, 0.25) is 0 Å². The van der Waals surface area contributed by atoms with Crippen LogP contribution < -0.4 is 4.74 Å². The minimum atomic E-state index is 0.596. The van der Waals surface area contributed by atoms with Gasteiger partial charge in [0.25, 0.3) is 0 Å². The number of hydrogen-bond acceptors (Lipinski definition) is 3. The number of alkyl halides is 1. The summed E-state index contributed by atoms with van der Waals surface area (Å²) in [4.78, 5) is 5.13. The van der Waals surface area contributed by atoms with E-state index in [0.717, 1.165) is 16.0 Å². The molecule has 0 radical (unpaired) electrons. The maximum absolute atomic E-state index is 5.60. The predicted octanol–water partition coefficient (Wildman–Crippen LogP) is 3.62. The van der Waals surface area contributed by atoms with Crippen molar-refractivity contribution >= 4 is 27.3 Å². The average Bonchev–Trinajstić information content (AvgIpc) is 2.80. The van der Waals surface area contributed by atoms with Crippen molar-refractivity contribution in [2.45, 2.75) is 11.9 Å². The van der Waals surface area contributed by atoms with Crippen molar-refractivity contribution in [1.29, 1.82) is 0 Å². The van der Waals surface area contributed by atoms with Crippen molar-refractivity contribution in [3.05, 3.63) is 46.4 Å².